The monoisotopic (exact) mass is 405 g/mol. The van der Waals surface area contributed by atoms with Crippen molar-refractivity contribution in [1.29, 1.82) is 0 Å². The minimum Gasteiger partial charge on any atom is -0.341 e. The summed E-state index contributed by atoms with van der Waals surface area (Å²) in [7, 11) is 1.49. The van der Waals surface area contributed by atoms with Crippen molar-refractivity contribution in [2.45, 2.75) is 12.1 Å². The Labute approximate surface area is 165 Å². The van der Waals surface area contributed by atoms with Gasteiger partial charge in [0, 0.05) is 30.9 Å². The van der Waals surface area contributed by atoms with Gasteiger partial charge < -0.3 is 4.90 Å². The van der Waals surface area contributed by atoms with E-state index in [4.69, 9.17) is 0 Å². The summed E-state index contributed by atoms with van der Waals surface area (Å²) in [5, 5.41) is 4.64. The number of thioether (sulfide) groups is 1. The van der Waals surface area contributed by atoms with Gasteiger partial charge in [-0.15, -0.1) is 0 Å². The molecule has 1 heterocycles. The Morgan fingerprint density at radius 3 is 2.29 bits per heavy atom. The third-order valence-electron chi connectivity index (χ3n) is 4.05. The molecule has 3 aromatic rings. The van der Waals surface area contributed by atoms with Gasteiger partial charge in [0.2, 0.25) is 5.91 Å². The zero-order valence-corrected chi connectivity index (χ0v) is 15.9. The maximum Gasteiger partial charge on any atom is 0.442 e. The Kier molecular flexibility index (Phi) is 6.08. The number of nitrogens with zero attached hydrogens (tertiary/aromatic N) is 3. The van der Waals surface area contributed by atoms with Crippen LogP contribution in [0.25, 0.3) is 16.9 Å². The molecule has 0 aliphatic rings. The lowest BCUT2D eigenvalue weighted by Gasteiger charge is -2.17. The lowest BCUT2D eigenvalue weighted by Crippen LogP contribution is -2.28. The summed E-state index contributed by atoms with van der Waals surface area (Å²) in [5.74, 6) is -1.23. The Morgan fingerprint density at radius 1 is 1.07 bits per heavy atom. The van der Waals surface area contributed by atoms with E-state index in [0.29, 0.717) is 5.69 Å². The molecule has 146 valence electrons. The first-order valence-corrected chi connectivity index (χ1v) is 9.46. The third kappa shape index (κ3) is 5.16. The normalized spacial score (nSPS) is 11.4. The summed E-state index contributed by atoms with van der Waals surface area (Å²) in [4.78, 5) is 13.4. The number of alkyl halides is 3. The van der Waals surface area contributed by atoms with Crippen molar-refractivity contribution >= 4 is 17.7 Å². The molecule has 0 unspecified atom stereocenters. The van der Waals surface area contributed by atoms with E-state index < -0.39 is 17.2 Å². The molecule has 1 amide bonds. The van der Waals surface area contributed by atoms with Crippen LogP contribution in [0.3, 0.4) is 0 Å². The summed E-state index contributed by atoms with van der Waals surface area (Å²) in [5.41, 5.74) is -1.26. The van der Waals surface area contributed by atoms with Crippen molar-refractivity contribution < 1.29 is 18.0 Å². The van der Waals surface area contributed by atoms with Crippen molar-refractivity contribution in [3.63, 3.8) is 0 Å². The van der Waals surface area contributed by atoms with Crippen molar-refractivity contribution in [2.75, 3.05) is 12.8 Å². The van der Waals surface area contributed by atoms with Crippen LogP contribution in [0.2, 0.25) is 0 Å². The molecule has 2 aromatic carbocycles. The average Bonchev–Trinajstić information content (AvgIpc) is 3.10. The number of amides is 1. The highest BCUT2D eigenvalue weighted by atomic mass is 32.2. The zero-order chi connectivity index (χ0) is 20.1. The van der Waals surface area contributed by atoms with Crippen LogP contribution >= 0.6 is 11.8 Å². The number of benzene rings is 2. The van der Waals surface area contributed by atoms with E-state index in [-0.39, 0.29) is 18.3 Å². The number of para-hydroxylation sites is 1. The average molecular weight is 405 g/mol. The van der Waals surface area contributed by atoms with Gasteiger partial charge in [-0.3, -0.25) is 4.79 Å². The molecule has 3 rings (SSSR count). The highest BCUT2D eigenvalue weighted by Crippen LogP contribution is 2.30. The molecule has 0 aliphatic carbocycles. The number of halogens is 3. The van der Waals surface area contributed by atoms with Gasteiger partial charge in [-0.2, -0.15) is 18.3 Å². The number of hydrogen-bond donors (Lipinski definition) is 0. The van der Waals surface area contributed by atoms with E-state index in [1.54, 1.807) is 10.9 Å². The Hall–Kier alpha value is -2.74. The molecule has 1 aromatic heterocycles. The smallest absolute Gasteiger partial charge is 0.341 e. The second-order valence-electron chi connectivity index (χ2n) is 6.13. The fraction of sp³-hybridized carbons (Fsp3) is 0.200. The van der Waals surface area contributed by atoms with Crippen LogP contribution in [0.4, 0.5) is 13.2 Å². The molecule has 8 heteroatoms. The van der Waals surface area contributed by atoms with Gasteiger partial charge in [-0.05, 0) is 23.9 Å². The molecule has 0 bridgehead atoms. The minimum atomic E-state index is -4.43. The van der Waals surface area contributed by atoms with E-state index in [0.717, 1.165) is 16.8 Å². The summed E-state index contributed by atoms with van der Waals surface area (Å²) in [6, 6.07) is 19.0. The highest BCUT2D eigenvalue weighted by molar-refractivity contribution is 8.00. The maximum absolute atomic E-state index is 12.4. The SMILES string of the molecule is CN(Cc1cn(-c2ccccc2)nc1-c1ccccc1)C(=O)CSC(F)(F)F. The largest absolute Gasteiger partial charge is 0.442 e. The van der Waals surface area contributed by atoms with E-state index in [1.165, 1.54) is 11.9 Å². The van der Waals surface area contributed by atoms with Gasteiger partial charge in [0.15, 0.2) is 0 Å². The molecule has 4 nitrogen and oxygen atoms in total. The summed E-state index contributed by atoms with van der Waals surface area (Å²) in [6.45, 7) is 0.161. The van der Waals surface area contributed by atoms with Crippen LogP contribution < -0.4 is 0 Å². The zero-order valence-electron chi connectivity index (χ0n) is 15.1. The van der Waals surface area contributed by atoms with Crippen LogP contribution in [0.1, 0.15) is 5.56 Å². The number of carbonyl (C=O) groups excluding carboxylic acids is 1. The number of aromatic nitrogens is 2. The fourth-order valence-electron chi connectivity index (χ4n) is 2.67. The first-order chi connectivity index (χ1) is 13.3. The predicted octanol–water partition coefficient (Wildman–Crippen LogP) is 4.75. The van der Waals surface area contributed by atoms with Crippen LogP contribution in [0, 0.1) is 0 Å². The summed E-state index contributed by atoms with van der Waals surface area (Å²) in [6.07, 6.45) is 1.80. The molecule has 0 radical (unpaired) electrons. The first-order valence-electron chi connectivity index (χ1n) is 8.47. The van der Waals surface area contributed by atoms with Gasteiger partial charge >= 0.3 is 5.51 Å². The van der Waals surface area contributed by atoms with Gasteiger partial charge in [0.25, 0.3) is 0 Å². The Balaban J connectivity index is 1.86. The van der Waals surface area contributed by atoms with Gasteiger partial charge in [-0.25, -0.2) is 4.68 Å². The summed E-state index contributed by atoms with van der Waals surface area (Å²) >= 11 is -0.329. The first kappa shape index (κ1) is 20.0. The second kappa shape index (κ2) is 8.52. The van der Waals surface area contributed by atoms with E-state index in [1.807, 2.05) is 60.7 Å². The van der Waals surface area contributed by atoms with Gasteiger partial charge in [0.05, 0.1) is 17.1 Å². The topological polar surface area (TPSA) is 38.1 Å². The highest BCUT2D eigenvalue weighted by Gasteiger charge is 2.30. The molecular weight excluding hydrogens is 387 g/mol. The van der Waals surface area contributed by atoms with Crippen molar-refractivity contribution in [3.05, 3.63) is 72.4 Å². The molecule has 0 spiro atoms. The van der Waals surface area contributed by atoms with E-state index in [9.17, 15) is 18.0 Å². The lowest BCUT2D eigenvalue weighted by atomic mass is 10.1. The van der Waals surface area contributed by atoms with E-state index >= 15 is 0 Å². The van der Waals surface area contributed by atoms with E-state index in [2.05, 4.69) is 5.10 Å². The number of rotatable bonds is 6. The predicted molar refractivity (Wildman–Crippen MR) is 104 cm³/mol. The molecule has 0 saturated carbocycles. The lowest BCUT2D eigenvalue weighted by molar-refractivity contribution is -0.127. The van der Waals surface area contributed by atoms with Crippen molar-refractivity contribution in [2.24, 2.45) is 0 Å². The summed E-state index contributed by atoms with van der Waals surface area (Å²) < 4.78 is 38.8. The quantitative estimate of drug-likeness (QED) is 0.594. The van der Waals surface area contributed by atoms with Crippen LogP contribution in [-0.2, 0) is 11.3 Å². The molecule has 0 aliphatic heterocycles. The van der Waals surface area contributed by atoms with Crippen LogP contribution in [0.5, 0.6) is 0 Å². The van der Waals surface area contributed by atoms with Crippen molar-refractivity contribution in [1.82, 2.24) is 14.7 Å². The van der Waals surface area contributed by atoms with Gasteiger partial charge in [0.1, 0.15) is 0 Å². The molecule has 0 atom stereocenters. The maximum atomic E-state index is 12.4. The molecular formula is C20H18F3N3OS. The fourth-order valence-corrected chi connectivity index (χ4v) is 3.18. The molecule has 0 fully saturated rings. The second-order valence-corrected chi connectivity index (χ2v) is 7.17. The van der Waals surface area contributed by atoms with Crippen LogP contribution in [-0.4, -0.2) is 38.9 Å². The van der Waals surface area contributed by atoms with Gasteiger partial charge in [-0.1, -0.05) is 48.5 Å². The molecule has 28 heavy (non-hydrogen) atoms. The van der Waals surface area contributed by atoms with Crippen molar-refractivity contribution in [3.8, 4) is 16.9 Å². The minimum absolute atomic E-state index is 0.161. The Morgan fingerprint density at radius 2 is 1.68 bits per heavy atom. The molecule has 0 saturated heterocycles. The number of carbonyl (C=O) groups is 1. The number of hydrogen-bond acceptors (Lipinski definition) is 3. The molecule has 0 N–H and O–H groups in total. The third-order valence-corrected chi connectivity index (χ3v) is 4.77. The standard InChI is InChI=1S/C20H18F3N3OS/c1-25(18(27)14-28-20(21,22)23)12-16-13-26(17-10-6-3-7-11-17)24-19(16)15-8-4-2-5-9-15/h2-11,13H,12,14H2,1H3. The van der Waals surface area contributed by atoms with Crippen LogP contribution in [0.15, 0.2) is 66.9 Å². The Bertz CT molecular complexity index is 927.